The molecule has 174 valence electrons. The van der Waals surface area contributed by atoms with Crippen LogP contribution in [0.4, 0.5) is 0 Å². The van der Waals surface area contributed by atoms with Crippen LogP contribution in [-0.2, 0) is 38.5 Å². The van der Waals surface area contributed by atoms with Crippen LogP contribution in [0.2, 0.25) is 0 Å². The van der Waals surface area contributed by atoms with E-state index in [9.17, 15) is 9.59 Å². The summed E-state index contributed by atoms with van der Waals surface area (Å²) in [4.78, 5) is 26.8. The maximum absolute atomic E-state index is 12.7. The largest absolute Gasteiger partial charge is 0.460 e. The van der Waals surface area contributed by atoms with Crippen LogP contribution in [0.3, 0.4) is 0 Å². The highest BCUT2D eigenvalue weighted by Crippen LogP contribution is 2.15. The number of nitrogens with zero attached hydrogens (tertiary/aromatic N) is 1. The lowest BCUT2D eigenvalue weighted by molar-refractivity contribution is -0.154. The molecular weight excluding hydrogens is 402 g/mol. The summed E-state index contributed by atoms with van der Waals surface area (Å²) in [6, 6.07) is 17.4. The first kappa shape index (κ1) is 25.6. The molecule has 5 heteroatoms. The van der Waals surface area contributed by atoms with E-state index in [0.717, 1.165) is 29.7 Å². The minimum absolute atomic E-state index is 0.138. The van der Waals surface area contributed by atoms with Gasteiger partial charge in [-0.3, -0.25) is 14.5 Å². The summed E-state index contributed by atoms with van der Waals surface area (Å²) in [5.41, 5.74) is 2.60. The zero-order valence-electron chi connectivity index (χ0n) is 20.3. The second-order valence-electron chi connectivity index (χ2n) is 9.59. The molecule has 1 atom stereocenters. The molecule has 0 aliphatic carbocycles. The predicted molar refractivity (Wildman–Crippen MR) is 127 cm³/mol. The molecule has 0 amide bonds. The summed E-state index contributed by atoms with van der Waals surface area (Å²) < 4.78 is 11.0. The Hall–Kier alpha value is -2.66. The molecule has 2 aromatic carbocycles. The van der Waals surface area contributed by atoms with Gasteiger partial charge < -0.3 is 9.47 Å². The molecule has 0 aromatic heterocycles. The normalized spacial score (nSPS) is 12.6. The monoisotopic (exact) mass is 439 g/mol. The zero-order chi connectivity index (χ0) is 23.7. The molecule has 0 saturated carbocycles. The number of carbonyl (C=O) groups excluding carboxylic acids is 2. The standard InChI is InChI=1S/C27H37NO4/c1-20(2)25(26(30)31-19-23-10-8-7-9-11-23)28(6)17-16-21-12-14-22(15-13-21)18-24(29)32-27(3,4)5/h7-15,20,25H,16-19H2,1-6H3/t25-/m0/s1. The number of esters is 2. The van der Waals surface area contributed by atoms with Crippen molar-refractivity contribution in [2.75, 3.05) is 13.6 Å². The van der Waals surface area contributed by atoms with Gasteiger partial charge in [0.1, 0.15) is 18.2 Å². The first-order chi connectivity index (χ1) is 15.0. The van der Waals surface area contributed by atoms with Crippen molar-refractivity contribution in [2.45, 2.75) is 65.7 Å². The summed E-state index contributed by atoms with van der Waals surface area (Å²) >= 11 is 0. The van der Waals surface area contributed by atoms with Gasteiger partial charge in [-0.15, -0.1) is 0 Å². The Bertz CT molecular complexity index is 853. The predicted octanol–water partition coefficient (Wildman–Crippen LogP) is 4.81. The van der Waals surface area contributed by atoms with E-state index in [-0.39, 0.29) is 36.9 Å². The van der Waals surface area contributed by atoms with Gasteiger partial charge in [0.15, 0.2) is 0 Å². The van der Waals surface area contributed by atoms with Crippen molar-refractivity contribution in [3.05, 3.63) is 71.3 Å². The fourth-order valence-electron chi connectivity index (χ4n) is 3.59. The van der Waals surface area contributed by atoms with Crippen molar-refractivity contribution in [3.63, 3.8) is 0 Å². The van der Waals surface area contributed by atoms with E-state index in [1.165, 1.54) is 0 Å². The molecule has 2 rings (SSSR count). The highest BCUT2D eigenvalue weighted by atomic mass is 16.6. The summed E-state index contributed by atoms with van der Waals surface area (Å²) in [5.74, 6) is -0.280. The van der Waals surface area contributed by atoms with E-state index in [2.05, 4.69) is 4.90 Å². The van der Waals surface area contributed by atoms with Gasteiger partial charge in [-0.25, -0.2) is 0 Å². The summed E-state index contributed by atoms with van der Waals surface area (Å²) in [6.07, 6.45) is 1.07. The molecule has 32 heavy (non-hydrogen) atoms. The Balaban J connectivity index is 1.87. The Morgan fingerprint density at radius 3 is 2.06 bits per heavy atom. The van der Waals surface area contributed by atoms with Gasteiger partial charge in [0, 0.05) is 6.54 Å². The number of ether oxygens (including phenoxy) is 2. The van der Waals surface area contributed by atoms with Crippen LogP contribution in [0, 0.1) is 5.92 Å². The van der Waals surface area contributed by atoms with Crippen molar-refractivity contribution in [1.82, 2.24) is 4.90 Å². The number of carbonyl (C=O) groups is 2. The summed E-state index contributed by atoms with van der Waals surface area (Å²) in [5, 5.41) is 0. The fraction of sp³-hybridized carbons (Fsp3) is 0.481. The first-order valence-electron chi connectivity index (χ1n) is 11.3. The molecule has 0 aliphatic heterocycles. The molecular formula is C27H37NO4. The number of benzene rings is 2. The van der Waals surface area contributed by atoms with E-state index in [0.29, 0.717) is 0 Å². The highest BCUT2D eigenvalue weighted by molar-refractivity contribution is 5.76. The number of hydrogen-bond donors (Lipinski definition) is 0. The van der Waals surface area contributed by atoms with Crippen LogP contribution in [0.1, 0.15) is 51.3 Å². The number of hydrogen-bond acceptors (Lipinski definition) is 5. The highest BCUT2D eigenvalue weighted by Gasteiger charge is 2.28. The van der Waals surface area contributed by atoms with Gasteiger partial charge in [-0.1, -0.05) is 68.4 Å². The molecule has 0 unspecified atom stereocenters. The van der Waals surface area contributed by atoms with Gasteiger partial charge in [-0.2, -0.15) is 0 Å². The van der Waals surface area contributed by atoms with Crippen molar-refractivity contribution >= 4 is 11.9 Å². The molecule has 2 aromatic rings. The minimum Gasteiger partial charge on any atom is -0.460 e. The smallest absolute Gasteiger partial charge is 0.323 e. The van der Waals surface area contributed by atoms with Crippen LogP contribution in [0.15, 0.2) is 54.6 Å². The molecule has 0 fully saturated rings. The number of likely N-dealkylation sites (N-methyl/N-ethyl adjacent to an activating group) is 1. The summed E-state index contributed by atoms with van der Waals surface area (Å²) in [7, 11) is 1.96. The third-order valence-corrected chi connectivity index (χ3v) is 5.12. The van der Waals surface area contributed by atoms with Gasteiger partial charge in [0.25, 0.3) is 0 Å². The van der Waals surface area contributed by atoms with E-state index in [4.69, 9.17) is 9.47 Å². The van der Waals surface area contributed by atoms with Crippen molar-refractivity contribution in [3.8, 4) is 0 Å². The van der Waals surface area contributed by atoms with Gasteiger partial charge in [-0.05, 0) is 56.8 Å². The third kappa shape index (κ3) is 8.83. The third-order valence-electron chi connectivity index (χ3n) is 5.12. The Kier molecular flexibility index (Phi) is 9.45. The van der Waals surface area contributed by atoms with E-state index >= 15 is 0 Å². The topological polar surface area (TPSA) is 55.8 Å². The molecule has 5 nitrogen and oxygen atoms in total. The fourth-order valence-corrected chi connectivity index (χ4v) is 3.59. The first-order valence-corrected chi connectivity index (χ1v) is 11.3. The molecule has 0 spiro atoms. The zero-order valence-corrected chi connectivity index (χ0v) is 20.3. The molecule has 0 heterocycles. The van der Waals surface area contributed by atoms with Crippen LogP contribution < -0.4 is 0 Å². The Labute approximate surface area is 192 Å². The molecule has 0 radical (unpaired) electrons. The Morgan fingerprint density at radius 1 is 0.906 bits per heavy atom. The van der Waals surface area contributed by atoms with Crippen molar-refractivity contribution in [2.24, 2.45) is 5.92 Å². The molecule has 0 bridgehead atoms. The minimum atomic E-state index is -0.475. The lowest BCUT2D eigenvalue weighted by Gasteiger charge is -2.29. The van der Waals surface area contributed by atoms with Crippen LogP contribution >= 0.6 is 0 Å². The van der Waals surface area contributed by atoms with E-state index in [1.54, 1.807) is 0 Å². The van der Waals surface area contributed by atoms with Crippen LogP contribution in [0.5, 0.6) is 0 Å². The maximum Gasteiger partial charge on any atom is 0.323 e. The molecule has 0 saturated heterocycles. The quantitative estimate of drug-likeness (QED) is 0.497. The average Bonchev–Trinajstić information content (AvgIpc) is 2.71. The summed E-state index contributed by atoms with van der Waals surface area (Å²) in [6.45, 7) is 10.7. The Morgan fingerprint density at radius 2 is 1.50 bits per heavy atom. The molecule has 0 aliphatic rings. The van der Waals surface area contributed by atoms with Gasteiger partial charge >= 0.3 is 11.9 Å². The van der Waals surface area contributed by atoms with Gasteiger partial charge in [0.2, 0.25) is 0 Å². The lowest BCUT2D eigenvalue weighted by Crippen LogP contribution is -2.44. The number of rotatable bonds is 10. The van der Waals surface area contributed by atoms with Gasteiger partial charge in [0.05, 0.1) is 6.42 Å². The van der Waals surface area contributed by atoms with E-state index < -0.39 is 5.60 Å². The lowest BCUT2D eigenvalue weighted by atomic mass is 10.0. The van der Waals surface area contributed by atoms with E-state index in [1.807, 2.05) is 96.3 Å². The van der Waals surface area contributed by atoms with Crippen molar-refractivity contribution in [1.29, 1.82) is 0 Å². The second kappa shape index (κ2) is 11.8. The van der Waals surface area contributed by atoms with Crippen LogP contribution in [0.25, 0.3) is 0 Å². The maximum atomic E-state index is 12.7. The average molecular weight is 440 g/mol. The van der Waals surface area contributed by atoms with Crippen molar-refractivity contribution < 1.29 is 19.1 Å². The molecule has 0 N–H and O–H groups in total. The van der Waals surface area contributed by atoms with Crippen LogP contribution in [-0.4, -0.2) is 42.1 Å². The SMILES string of the molecule is CC(C)[C@@H](C(=O)OCc1ccccc1)N(C)CCc1ccc(CC(=O)OC(C)(C)C)cc1. The second-order valence-corrected chi connectivity index (χ2v) is 9.59.